The average molecular weight is 302 g/mol. The average Bonchev–Trinajstić information content (AvgIpc) is 2.39. The summed E-state index contributed by atoms with van der Waals surface area (Å²) in [6.45, 7) is 0.639. The van der Waals surface area contributed by atoms with Crippen molar-refractivity contribution in [2.75, 3.05) is 6.54 Å². The number of halogens is 2. The highest BCUT2D eigenvalue weighted by Gasteiger charge is 2.20. The van der Waals surface area contributed by atoms with Crippen molar-refractivity contribution in [1.82, 2.24) is 5.32 Å². The van der Waals surface area contributed by atoms with E-state index in [2.05, 4.69) is 5.32 Å². The van der Waals surface area contributed by atoms with Gasteiger partial charge in [-0.25, -0.2) is 0 Å². The topological polar surface area (TPSA) is 49.3 Å². The molecule has 1 amide bonds. The zero-order valence-electron chi connectivity index (χ0n) is 10.5. The summed E-state index contributed by atoms with van der Waals surface area (Å²) >= 11 is 11.9. The van der Waals surface area contributed by atoms with Gasteiger partial charge in [-0.2, -0.15) is 0 Å². The molecule has 0 heterocycles. The smallest absolute Gasteiger partial charge is 0.251 e. The van der Waals surface area contributed by atoms with Crippen molar-refractivity contribution < 1.29 is 9.90 Å². The Morgan fingerprint density at radius 3 is 2.89 bits per heavy atom. The second kappa shape index (κ2) is 6.49. The summed E-state index contributed by atoms with van der Waals surface area (Å²) in [5.74, 6) is 0.266. The van der Waals surface area contributed by atoms with Gasteiger partial charge in [0.25, 0.3) is 5.91 Å². The first-order chi connectivity index (χ1) is 9.06. The number of alkyl halides is 1. The number of carbonyl (C=O) groups is 1. The highest BCUT2D eigenvalue weighted by atomic mass is 35.5. The van der Waals surface area contributed by atoms with Crippen molar-refractivity contribution in [1.29, 1.82) is 0 Å². The number of hydrogen-bond acceptors (Lipinski definition) is 2. The fourth-order valence-electron chi connectivity index (χ4n) is 2.40. The monoisotopic (exact) mass is 301 g/mol. The lowest BCUT2D eigenvalue weighted by Crippen LogP contribution is -2.32. The molecule has 1 fully saturated rings. The number of rotatable bonds is 3. The van der Waals surface area contributed by atoms with Crippen LogP contribution in [0.25, 0.3) is 0 Å². The number of amides is 1. The van der Waals surface area contributed by atoms with Crippen LogP contribution in [0.15, 0.2) is 18.2 Å². The van der Waals surface area contributed by atoms with Gasteiger partial charge in [0.05, 0.1) is 5.02 Å². The van der Waals surface area contributed by atoms with Crippen molar-refractivity contribution in [2.45, 2.75) is 31.1 Å². The van der Waals surface area contributed by atoms with Gasteiger partial charge in [0, 0.05) is 17.5 Å². The van der Waals surface area contributed by atoms with Gasteiger partial charge in [-0.05, 0) is 43.4 Å². The van der Waals surface area contributed by atoms with Gasteiger partial charge >= 0.3 is 0 Å². The Kier molecular flexibility index (Phi) is 4.94. The molecule has 1 saturated carbocycles. The standard InChI is InChI=1S/C14H17Cl2NO2/c15-11-3-1-2-9(6-11)8-17-14(19)10-4-5-13(18)12(16)7-10/h4-5,7,9,11,18H,1-3,6,8H2,(H,17,19). The van der Waals surface area contributed by atoms with Crippen LogP contribution in [0.3, 0.4) is 0 Å². The molecule has 0 aliphatic heterocycles. The van der Waals surface area contributed by atoms with Gasteiger partial charge in [-0.1, -0.05) is 18.0 Å². The SMILES string of the molecule is O=C(NCC1CCCC(Cl)C1)c1ccc(O)c(Cl)c1. The van der Waals surface area contributed by atoms with Gasteiger partial charge in [-0.15, -0.1) is 11.6 Å². The third-order valence-corrected chi connectivity index (χ3v) is 4.18. The predicted molar refractivity (Wildman–Crippen MR) is 77.0 cm³/mol. The Hall–Kier alpha value is -0.930. The number of phenols is 1. The molecule has 0 bridgehead atoms. The van der Waals surface area contributed by atoms with Crippen LogP contribution >= 0.6 is 23.2 Å². The first kappa shape index (κ1) is 14.5. The summed E-state index contributed by atoms with van der Waals surface area (Å²) < 4.78 is 0. The van der Waals surface area contributed by atoms with E-state index in [1.54, 1.807) is 6.07 Å². The van der Waals surface area contributed by atoms with Crippen LogP contribution in [0, 0.1) is 5.92 Å². The molecule has 1 aromatic carbocycles. The molecular weight excluding hydrogens is 285 g/mol. The predicted octanol–water partition coefficient (Wildman–Crippen LogP) is 3.57. The normalized spacial score (nSPS) is 23.1. The van der Waals surface area contributed by atoms with Crippen molar-refractivity contribution in [3.63, 3.8) is 0 Å². The van der Waals surface area contributed by atoms with Crippen LogP contribution < -0.4 is 5.32 Å². The van der Waals surface area contributed by atoms with E-state index >= 15 is 0 Å². The maximum absolute atomic E-state index is 11.9. The van der Waals surface area contributed by atoms with E-state index in [9.17, 15) is 9.90 Å². The number of benzene rings is 1. The Labute approximate surface area is 122 Å². The second-order valence-corrected chi connectivity index (χ2v) is 6.03. The first-order valence-corrected chi connectivity index (χ1v) is 7.28. The summed E-state index contributed by atoms with van der Waals surface area (Å²) in [4.78, 5) is 11.9. The quantitative estimate of drug-likeness (QED) is 0.839. The molecule has 19 heavy (non-hydrogen) atoms. The number of phenolic OH excluding ortho intramolecular Hbond substituents is 1. The summed E-state index contributed by atoms with van der Waals surface area (Å²) in [5, 5.41) is 12.6. The molecule has 5 heteroatoms. The molecule has 0 aromatic heterocycles. The summed E-state index contributed by atoms with van der Waals surface area (Å²) in [5.41, 5.74) is 0.459. The van der Waals surface area contributed by atoms with Crippen LogP contribution in [0.2, 0.25) is 5.02 Å². The molecule has 1 aliphatic rings. The zero-order chi connectivity index (χ0) is 13.8. The van der Waals surface area contributed by atoms with E-state index in [1.807, 2.05) is 0 Å². The molecule has 0 radical (unpaired) electrons. The molecule has 1 aliphatic carbocycles. The third kappa shape index (κ3) is 4.02. The van der Waals surface area contributed by atoms with Crippen molar-refractivity contribution in [3.05, 3.63) is 28.8 Å². The fourth-order valence-corrected chi connectivity index (χ4v) is 2.98. The van der Waals surface area contributed by atoms with Crippen LogP contribution in [-0.2, 0) is 0 Å². The van der Waals surface area contributed by atoms with Crippen molar-refractivity contribution in [3.8, 4) is 5.75 Å². The van der Waals surface area contributed by atoms with Gasteiger partial charge < -0.3 is 10.4 Å². The van der Waals surface area contributed by atoms with Crippen molar-refractivity contribution >= 4 is 29.1 Å². The molecule has 2 N–H and O–H groups in total. The van der Waals surface area contributed by atoms with Crippen molar-refractivity contribution in [2.24, 2.45) is 5.92 Å². The van der Waals surface area contributed by atoms with E-state index < -0.39 is 0 Å². The molecule has 1 aromatic rings. The van der Waals surface area contributed by atoms with E-state index in [0.717, 1.165) is 25.7 Å². The minimum atomic E-state index is -0.168. The van der Waals surface area contributed by atoms with E-state index in [1.165, 1.54) is 12.1 Å². The molecular formula is C14H17Cl2NO2. The number of hydrogen-bond donors (Lipinski definition) is 2. The van der Waals surface area contributed by atoms with E-state index in [4.69, 9.17) is 23.2 Å². The number of carbonyl (C=O) groups excluding carboxylic acids is 1. The number of nitrogens with one attached hydrogen (secondary N) is 1. The number of aromatic hydroxyl groups is 1. The maximum Gasteiger partial charge on any atom is 0.251 e. The zero-order valence-corrected chi connectivity index (χ0v) is 12.0. The largest absolute Gasteiger partial charge is 0.506 e. The molecule has 104 valence electrons. The third-order valence-electron chi connectivity index (χ3n) is 3.48. The Balaban J connectivity index is 1.88. The lowest BCUT2D eigenvalue weighted by molar-refractivity contribution is 0.0943. The van der Waals surface area contributed by atoms with Crippen LogP contribution in [0.4, 0.5) is 0 Å². The Morgan fingerprint density at radius 1 is 1.42 bits per heavy atom. The summed E-state index contributed by atoms with van der Waals surface area (Å²) in [6, 6.07) is 4.45. The molecule has 3 nitrogen and oxygen atoms in total. The van der Waals surface area contributed by atoms with Crippen LogP contribution in [0.5, 0.6) is 5.75 Å². The van der Waals surface area contributed by atoms with Crippen LogP contribution in [0.1, 0.15) is 36.0 Å². The van der Waals surface area contributed by atoms with Gasteiger partial charge in [0.15, 0.2) is 0 Å². The molecule has 2 rings (SSSR count). The van der Waals surface area contributed by atoms with Gasteiger partial charge in [0.2, 0.25) is 0 Å². The van der Waals surface area contributed by atoms with Crippen LogP contribution in [-0.4, -0.2) is 22.9 Å². The molecule has 2 atom stereocenters. The highest BCUT2D eigenvalue weighted by molar-refractivity contribution is 6.32. The van der Waals surface area contributed by atoms with Gasteiger partial charge in [-0.3, -0.25) is 4.79 Å². The first-order valence-electron chi connectivity index (χ1n) is 6.47. The minimum Gasteiger partial charge on any atom is -0.506 e. The highest BCUT2D eigenvalue weighted by Crippen LogP contribution is 2.27. The Bertz CT molecular complexity index is 465. The molecule has 0 saturated heterocycles. The summed E-state index contributed by atoms with van der Waals surface area (Å²) in [6.07, 6.45) is 4.26. The van der Waals surface area contributed by atoms with E-state index in [-0.39, 0.29) is 22.1 Å². The summed E-state index contributed by atoms with van der Waals surface area (Å²) in [7, 11) is 0. The van der Waals surface area contributed by atoms with Gasteiger partial charge in [0.1, 0.15) is 5.75 Å². The lowest BCUT2D eigenvalue weighted by Gasteiger charge is -2.25. The van der Waals surface area contributed by atoms with E-state index in [0.29, 0.717) is 18.0 Å². The fraction of sp³-hybridized carbons (Fsp3) is 0.500. The lowest BCUT2D eigenvalue weighted by atomic mass is 9.89. The Morgan fingerprint density at radius 2 is 2.21 bits per heavy atom. The molecule has 0 spiro atoms. The maximum atomic E-state index is 11.9. The second-order valence-electron chi connectivity index (χ2n) is 5.01. The molecule has 2 unspecified atom stereocenters. The minimum absolute atomic E-state index is 0.0181.